The average molecular weight is 1540 g/mol. The maximum atomic E-state index is 5.19. The highest BCUT2D eigenvalue weighted by atomic mass is 15.1. The fraction of sp³-hybridized carbons (Fsp3) is 0. The Balaban J connectivity index is 0.000000105. The van der Waals surface area contributed by atoms with E-state index < -0.39 is 0 Å². The number of fused-ring (bicyclic) bond motifs is 21. The van der Waals surface area contributed by atoms with Crippen molar-refractivity contribution in [3.63, 3.8) is 0 Å². The highest BCUT2D eigenvalue weighted by Gasteiger charge is 2.23. The van der Waals surface area contributed by atoms with E-state index in [1.165, 1.54) is 66.0 Å². The first kappa shape index (κ1) is 69.1. The van der Waals surface area contributed by atoms with Gasteiger partial charge < -0.3 is 14.0 Å². The van der Waals surface area contributed by atoms with Gasteiger partial charge in [0, 0.05) is 101 Å². The smallest absolute Gasteiger partial charge is 0.137 e. The molecule has 25 aromatic rings. The highest BCUT2D eigenvalue weighted by Crippen LogP contribution is 2.43. The second-order valence-electron chi connectivity index (χ2n) is 30.2. The molecule has 12 nitrogen and oxygen atoms in total. The third-order valence-electron chi connectivity index (χ3n) is 23.2. The number of anilines is 3. The van der Waals surface area contributed by atoms with Gasteiger partial charge in [-0.2, -0.15) is 0 Å². The second kappa shape index (κ2) is 28.8. The van der Waals surface area contributed by atoms with Crippen LogP contribution in [0.1, 0.15) is 0 Å². The SMILES string of the molecule is c1ccc(-n2c3ccccc3c3cc(-c4ccc(-c5nc6ccccc6c6nc7ccccn7c56)cc4)ccc32)cc1.c1ccc(-n2c3ccccc3c3cc(-c4cccc(-c5nc6ccccc6c6nc7ccccn7c56)c4)ccc32)cc1.c1ccc(N(c2ccccc2)c2ccc(-c3nc4ccccc4c4nc5ccccn5c34)cc2)cc1. The maximum absolute atomic E-state index is 5.19. The van der Waals surface area contributed by atoms with Gasteiger partial charge in [0.2, 0.25) is 0 Å². The molecule has 0 atom stereocenters. The van der Waals surface area contributed by atoms with Crippen molar-refractivity contribution >= 4 is 143 Å². The summed E-state index contributed by atoms with van der Waals surface area (Å²) in [6.45, 7) is 0. The predicted molar refractivity (Wildman–Crippen MR) is 495 cm³/mol. The molecular formula is C108H70N12. The molecule has 120 heavy (non-hydrogen) atoms. The quantitative estimate of drug-likeness (QED) is 0.134. The molecule has 0 amide bonds. The zero-order valence-corrected chi connectivity index (χ0v) is 64.8. The van der Waals surface area contributed by atoms with E-state index in [0.29, 0.717) is 0 Å². The van der Waals surface area contributed by atoms with Gasteiger partial charge in [-0.25, -0.2) is 29.9 Å². The Labute approximate surface area is 688 Å². The maximum Gasteiger partial charge on any atom is 0.137 e. The Bertz CT molecular complexity index is 8240. The van der Waals surface area contributed by atoms with E-state index in [-0.39, 0.29) is 0 Å². The number of pyridine rings is 6. The molecule has 0 aliphatic heterocycles. The normalized spacial score (nSPS) is 11.7. The lowest BCUT2D eigenvalue weighted by Gasteiger charge is -2.25. The van der Waals surface area contributed by atoms with E-state index in [1.807, 2.05) is 84.9 Å². The number of nitrogens with zero attached hydrogens (tertiary/aromatic N) is 12. The lowest BCUT2D eigenvalue weighted by molar-refractivity contribution is 1.18. The summed E-state index contributed by atoms with van der Waals surface area (Å²) < 4.78 is 11.1. The van der Waals surface area contributed by atoms with Crippen molar-refractivity contribution in [3.05, 3.63) is 425 Å². The fourth-order valence-corrected chi connectivity index (χ4v) is 17.7. The van der Waals surface area contributed by atoms with Crippen LogP contribution in [0, 0.1) is 0 Å². The van der Waals surface area contributed by atoms with Crippen LogP contribution in [0.5, 0.6) is 0 Å². The molecule has 14 aromatic carbocycles. The first-order chi connectivity index (χ1) is 59.5. The van der Waals surface area contributed by atoms with E-state index in [4.69, 9.17) is 29.9 Å². The van der Waals surface area contributed by atoms with E-state index in [0.717, 1.165) is 145 Å². The molecule has 11 heterocycles. The number of hydrogen-bond donors (Lipinski definition) is 0. The molecule has 562 valence electrons. The zero-order valence-electron chi connectivity index (χ0n) is 64.8. The van der Waals surface area contributed by atoms with Crippen LogP contribution < -0.4 is 4.90 Å². The van der Waals surface area contributed by atoms with Crippen LogP contribution in [-0.2, 0) is 0 Å². The van der Waals surface area contributed by atoms with Gasteiger partial charge in [-0.15, -0.1) is 0 Å². The molecule has 0 spiro atoms. The van der Waals surface area contributed by atoms with Crippen molar-refractivity contribution in [1.82, 2.24) is 52.2 Å². The Kier molecular flexibility index (Phi) is 16.6. The van der Waals surface area contributed by atoms with Crippen LogP contribution in [0.25, 0.3) is 194 Å². The second-order valence-corrected chi connectivity index (χ2v) is 30.2. The molecule has 0 aliphatic rings. The number of benzene rings is 14. The topological polar surface area (TPSA) is 104 Å². The molecule has 0 saturated heterocycles. The summed E-state index contributed by atoms with van der Waals surface area (Å²) in [5.41, 5.74) is 32.8. The van der Waals surface area contributed by atoms with Crippen molar-refractivity contribution in [2.75, 3.05) is 4.90 Å². The van der Waals surface area contributed by atoms with E-state index in [2.05, 4.69) is 367 Å². The Morgan fingerprint density at radius 2 is 0.500 bits per heavy atom. The predicted octanol–water partition coefficient (Wildman–Crippen LogP) is 27.1. The van der Waals surface area contributed by atoms with Gasteiger partial charge in [-0.1, -0.05) is 249 Å². The third-order valence-corrected chi connectivity index (χ3v) is 23.2. The van der Waals surface area contributed by atoms with Gasteiger partial charge in [0.1, 0.15) is 33.5 Å². The molecule has 0 saturated carbocycles. The Hall–Kier alpha value is -16.4. The first-order valence-corrected chi connectivity index (χ1v) is 40.4. The summed E-state index contributed by atoms with van der Waals surface area (Å²) in [4.78, 5) is 32.7. The van der Waals surface area contributed by atoms with Crippen molar-refractivity contribution in [3.8, 4) is 67.4 Å². The molecule has 11 aromatic heterocycles. The molecule has 25 rings (SSSR count). The highest BCUT2D eigenvalue weighted by molar-refractivity contribution is 6.15. The molecule has 0 N–H and O–H groups in total. The minimum Gasteiger partial charge on any atom is -0.311 e. The lowest BCUT2D eigenvalue weighted by atomic mass is 9.99. The van der Waals surface area contributed by atoms with Crippen LogP contribution in [0.2, 0.25) is 0 Å². The van der Waals surface area contributed by atoms with Gasteiger partial charge in [0.25, 0.3) is 0 Å². The van der Waals surface area contributed by atoms with Crippen molar-refractivity contribution in [1.29, 1.82) is 0 Å². The monoisotopic (exact) mass is 1530 g/mol. The number of aromatic nitrogens is 11. The van der Waals surface area contributed by atoms with Crippen LogP contribution in [-0.4, -0.2) is 52.2 Å². The molecule has 0 radical (unpaired) electrons. The van der Waals surface area contributed by atoms with E-state index >= 15 is 0 Å². The number of imidazole rings is 3. The molecular weight excluding hydrogens is 1470 g/mol. The minimum absolute atomic E-state index is 0.919. The van der Waals surface area contributed by atoms with Gasteiger partial charge in [0.05, 0.1) is 72.2 Å². The molecule has 0 unspecified atom stereocenters. The van der Waals surface area contributed by atoms with E-state index in [1.54, 1.807) is 0 Å². The van der Waals surface area contributed by atoms with Crippen LogP contribution in [0.15, 0.2) is 425 Å². The van der Waals surface area contributed by atoms with Crippen molar-refractivity contribution < 1.29 is 0 Å². The minimum atomic E-state index is 0.919. The van der Waals surface area contributed by atoms with Crippen LogP contribution in [0.3, 0.4) is 0 Å². The summed E-state index contributed by atoms with van der Waals surface area (Å²) in [6.07, 6.45) is 6.20. The zero-order chi connectivity index (χ0) is 79.1. The molecule has 0 fully saturated rings. The summed E-state index contributed by atoms with van der Waals surface area (Å²) in [6, 6.07) is 142. The lowest BCUT2D eigenvalue weighted by Crippen LogP contribution is -2.09. The fourth-order valence-electron chi connectivity index (χ4n) is 17.7. The molecule has 12 heteroatoms. The van der Waals surface area contributed by atoms with Crippen LogP contribution >= 0.6 is 0 Å². The third kappa shape index (κ3) is 11.8. The van der Waals surface area contributed by atoms with Gasteiger partial charge in [0.15, 0.2) is 0 Å². The van der Waals surface area contributed by atoms with Gasteiger partial charge in [-0.3, -0.25) is 13.2 Å². The number of hydrogen-bond acceptors (Lipinski definition) is 7. The van der Waals surface area contributed by atoms with E-state index in [9.17, 15) is 0 Å². The van der Waals surface area contributed by atoms with Crippen LogP contribution in [0.4, 0.5) is 17.1 Å². The number of rotatable bonds is 10. The van der Waals surface area contributed by atoms with Crippen molar-refractivity contribution in [2.45, 2.75) is 0 Å². The Morgan fingerprint density at radius 3 is 0.933 bits per heavy atom. The molecule has 0 bridgehead atoms. The summed E-state index contributed by atoms with van der Waals surface area (Å²) >= 11 is 0. The first-order valence-electron chi connectivity index (χ1n) is 40.4. The van der Waals surface area contributed by atoms with Crippen molar-refractivity contribution in [2.24, 2.45) is 0 Å². The Morgan fingerprint density at radius 1 is 0.192 bits per heavy atom. The average Bonchev–Trinajstić information content (AvgIpc) is 1.55. The largest absolute Gasteiger partial charge is 0.311 e. The summed E-state index contributed by atoms with van der Waals surface area (Å²) in [5.74, 6) is 0. The molecule has 0 aliphatic carbocycles. The van der Waals surface area contributed by atoms with Gasteiger partial charge in [-0.05, 0) is 180 Å². The summed E-state index contributed by atoms with van der Waals surface area (Å²) in [7, 11) is 0. The standard InChI is InChI=1S/2C38H24N4.C32H22N4/c1-2-13-28(14-3-1)42-33-18-7-5-15-29(33)31-24-26(20-21-34(31)42)25-11-10-12-27(23-25)36-38-37(30-16-4-6-17-32(30)39-36)40-35-19-8-9-22-41(35)38;1-2-10-28(11-3-1)42-33-15-7-5-12-29(33)31-24-27(21-22-34(31)42)25-17-19-26(20-18-25)36-38-37(30-13-4-6-14-32(30)39-36)40-35-16-8-9-23-41(35)38;1-3-11-24(12-4-1)36(25-13-5-2-6-14-25)26-20-18-23(19-21-26)30-32-31(27-15-7-8-16-28(27)33-30)34-29-17-9-10-22-35(29)32/h2*1-24H;1-22H. The van der Waals surface area contributed by atoms with Gasteiger partial charge >= 0.3 is 0 Å². The summed E-state index contributed by atoms with van der Waals surface area (Å²) in [5, 5.41) is 8.19. The number of para-hydroxylation sites is 9.